The number of hydrogen-bond acceptors (Lipinski definition) is 5. The Bertz CT molecular complexity index is 4550. The van der Waals surface area contributed by atoms with Gasteiger partial charge in [0.1, 0.15) is 34.5 Å². The standard InChI is InChI=1S/C77H56N4O3/c1-3-78-71-41-35-53(45-63(71)65-49-59(37-43-73(65)78)82-57-25-13-7-14-26-57)80(51-21-9-5-10-22-51)55-33-39-61-62-40-34-56(48-70(62)77(69(61)47-55)67-29-17-19-31-75(67)84-76-32-20-18-30-68(76)77)81(52-23-11-6-12-24-52)54-36-42-72-64(46-54)66-50-60(38-44-74(66)79(72)4-2)83-58-27-15-8-16-28-58/h5-50H,3-4H2,1-2H3. The zero-order valence-electron chi connectivity index (χ0n) is 46.5. The van der Waals surface area contributed by atoms with Crippen molar-refractivity contribution in [3.63, 3.8) is 0 Å². The molecule has 0 saturated carbocycles. The third-order valence-corrected chi connectivity index (χ3v) is 17.2. The molecule has 1 spiro atoms. The number of anilines is 6. The summed E-state index contributed by atoms with van der Waals surface area (Å²) in [5, 5.41) is 4.61. The molecule has 0 radical (unpaired) electrons. The number of fused-ring (bicyclic) bond motifs is 15. The summed E-state index contributed by atoms with van der Waals surface area (Å²) in [5.74, 6) is 4.90. The molecule has 3 heterocycles. The van der Waals surface area contributed by atoms with Gasteiger partial charge in [-0.05, 0) is 194 Å². The Morgan fingerprint density at radius 3 is 1.07 bits per heavy atom. The molecular formula is C77H56N4O3. The van der Waals surface area contributed by atoms with E-state index < -0.39 is 5.41 Å². The fraction of sp³-hybridized carbons (Fsp3) is 0.0649. The second-order valence-corrected chi connectivity index (χ2v) is 21.7. The molecule has 0 bridgehead atoms. The fourth-order valence-corrected chi connectivity index (χ4v) is 13.7. The lowest BCUT2D eigenvalue weighted by atomic mass is 9.66. The van der Waals surface area contributed by atoms with Gasteiger partial charge in [0.15, 0.2) is 0 Å². The minimum absolute atomic E-state index is 0.784. The normalized spacial score (nSPS) is 12.7. The van der Waals surface area contributed by atoms with E-state index >= 15 is 0 Å². The molecule has 0 saturated heterocycles. The Morgan fingerprint density at radius 2 is 0.655 bits per heavy atom. The highest BCUT2D eigenvalue weighted by Crippen LogP contribution is 2.63. The number of aromatic nitrogens is 2. The van der Waals surface area contributed by atoms with Crippen LogP contribution in [0.25, 0.3) is 54.7 Å². The highest BCUT2D eigenvalue weighted by atomic mass is 16.5. The van der Waals surface area contributed by atoms with Gasteiger partial charge in [-0.2, -0.15) is 0 Å². The van der Waals surface area contributed by atoms with E-state index in [0.29, 0.717) is 0 Å². The van der Waals surface area contributed by atoms with E-state index in [1.807, 2.05) is 60.7 Å². The average Bonchev–Trinajstić information content (AvgIpc) is 1.50. The van der Waals surface area contributed by atoms with Crippen LogP contribution in [0.5, 0.6) is 34.5 Å². The maximum Gasteiger partial charge on any atom is 0.132 e. The first-order valence-corrected chi connectivity index (χ1v) is 29.0. The summed E-state index contributed by atoms with van der Waals surface area (Å²) in [5.41, 5.74) is 17.2. The molecule has 14 aromatic rings. The average molecular weight is 1090 g/mol. The van der Waals surface area contributed by atoms with Crippen LogP contribution in [0, 0.1) is 0 Å². The van der Waals surface area contributed by atoms with E-state index in [-0.39, 0.29) is 0 Å². The molecule has 0 unspecified atom stereocenters. The number of para-hydroxylation sites is 6. The smallest absolute Gasteiger partial charge is 0.132 e. The Hall–Kier alpha value is -10.8. The van der Waals surface area contributed by atoms with Gasteiger partial charge in [0, 0.05) is 102 Å². The molecular weight excluding hydrogens is 1030 g/mol. The first kappa shape index (κ1) is 49.1. The van der Waals surface area contributed by atoms with Gasteiger partial charge in [0.25, 0.3) is 0 Å². The van der Waals surface area contributed by atoms with Crippen LogP contribution in [0.15, 0.2) is 279 Å². The molecule has 0 amide bonds. The van der Waals surface area contributed by atoms with Crippen molar-refractivity contribution >= 4 is 77.7 Å². The maximum atomic E-state index is 6.94. The van der Waals surface area contributed by atoms with Gasteiger partial charge in [-0.15, -0.1) is 0 Å². The van der Waals surface area contributed by atoms with Crippen molar-refractivity contribution in [3.05, 3.63) is 301 Å². The van der Waals surface area contributed by atoms with Gasteiger partial charge in [-0.1, -0.05) is 121 Å². The van der Waals surface area contributed by atoms with Gasteiger partial charge < -0.3 is 33.1 Å². The van der Waals surface area contributed by atoms with Gasteiger partial charge in [-0.25, -0.2) is 0 Å². The lowest BCUT2D eigenvalue weighted by Gasteiger charge is -2.40. The van der Waals surface area contributed by atoms with E-state index in [9.17, 15) is 0 Å². The van der Waals surface area contributed by atoms with E-state index in [1.165, 1.54) is 44.3 Å². The quantitative estimate of drug-likeness (QED) is 0.122. The zero-order valence-corrected chi connectivity index (χ0v) is 46.5. The molecule has 7 heteroatoms. The van der Waals surface area contributed by atoms with Crippen molar-refractivity contribution in [2.45, 2.75) is 32.4 Å². The number of nitrogens with zero attached hydrogens (tertiary/aromatic N) is 4. The Morgan fingerprint density at radius 1 is 0.310 bits per heavy atom. The van der Waals surface area contributed by atoms with Crippen molar-refractivity contribution in [3.8, 4) is 45.6 Å². The molecule has 2 aliphatic rings. The van der Waals surface area contributed by atoms with Gasteiger partial charge in [0.05, 0.1) is 5.41 Å². The monoisotopic (exact) mass is 1080 g/mol. The van der Waals surface area contributed by atoms with Crippen LogP contribution in [0.4, 0.5) is 34.1 Å². The topological polar surface area (TPSA) is 44.0 Å². The summed E-state index contributed by atoms with van der Waals surface area (Å²) < 4.78 is 24.6. The Balaban J connectivity index is 0.889. The molecule has 16 rings (SSSR count). The van der Waals surface area contributed by atoms with Crippen molar-refractivity contribution in [1.82, 2.24) is 9.13 Å². The van der Waals surface area contributed by atoms with Gasteiger partial charge >= 0.3 is 0 Å². The van der Waals surface area contributed by atoms with Crippen molar-refractivity contribution in [1.29, 1.82) is 0 Å². The lowest BCUT2D eigenvalue weighted by Crippen LogP contribution is -2.32. The van der Waals surface area contributed by atoms with Crippen LogP contribution in [0.3, 0.4) is 0 Å². The highest BCUT2D eigenvalue weighted by molar-refractivity contribution is 6.11. The third-order valence-electron chi connectivity index (χ3n) is 17.2. The maximum absolute atomic E-state index is 6.94. The van der Waals surface area contributed by atoms with Crippen LogP contribution < -0.4 is 24.0 Å². The number of rotatable bonds is 12. The predicted molar refractivity (Wildman–Crippen MR) is 344 cm³/mol. The minimum Gasteiger partial charge on any atom is -0.457 e. The van der Waals surface area contributed by atoms with Crippen LogP contribution in [0.1, 0.15) is 36.1 Å². The summed E-state index contributed by atoms with van der Waals surface area (Å²) >= 11 is 0. The summed E-state index contributed by atoms with van der Waals surface area (Å²) in [6.07, 6.45) is 0. The molecule has 7 nitrogen and oxygen atoms in total. The number of aryl methyl sites for hydroxylation is 2. The summed E-state index contributed by atoms with van der Waals surface area (Å²) in [6.45, 7) is 6.10. The molecule has 0 atom stereocenters. The second kappa shape index (κ2) is 19.8. The molecule has 84 heavy (non-hydrogen) atoms. The van der Waals surface area contributed by atoms with Crippen LogP contribution in [0.2, 0.25) is 0 Å². The Kier molecular flexibility index (Phi) is 11.5. The van der Waals surface area contributed by atoms with Crippen LogP contribution >= 0.6 is 0 Å². The van der Waals surface area contributed by atoms with Gasteiger partial charge in [0.2, 0.25) is 0 Å². The fourth-order valence-electron chi connectivity index (χ4n) is 13.7. The summed E-state index contributed by atoms with van der Waals surface area (Å²) in [6, 6.07) is 99.9. The van der Waals surface area contributed by atoms with Gasteiger partial charge in [-0.3, -0.25) is 0 Å². The minimum atomic E-state index is -0.784. The number of hydrogen-bond donors (Lipinski definition) is 0. The van der Waals surface area contributed by atoms with Crippen LogP contribution in [-0.4, -0.2) is 9.13 Å². The van der Waals surface area contributed by atoms with E-state index in [1.54, 1.807) is 0 Å². The van der Waals surface area contributed by atoms with E-state index in [2.05, 4.69) is 251 Å². The first-order chi connectivity index (χ1) is 41.5. The lowest BCUT2D eigenvalue weighted by molar-refractivity contribution is 0.436. The molecule has 0 N–H and O–H groups in total. The zero-order chi connectivity index (χ0) is 55.9. The predicted octanol–water partition coefficient (Wildman–Crippen LogP) is 20.9. The number of benzene rings is 12. The molecule has 12 aromatic carbocycles. The highest BCUT2D eigenvalue weighted by Gasteiger charge is 2.51. The van der Waals surface area contributed by atoms with Crippen molar-refractivity contribution < 1.29 is 14.2 Å². The molecule has 1 aliphatic carbocycles. The second-order valence-electron chi connectivity index (χ2n) is 21.7. The van der Waals surface area contributed by atoms with Crippen molar-refractivity contribution in [2.75, 3.05) is 9.80 Å². The Labute approximate surface area is 487 Å². The number of ether oxygens (including phenoxy) is 3. The first-order valence-electron chi connectivity index (χ1n) is 29.0. The summed E-state index contributed by atoms with van der Waals surface area (Å²) in [4.78, 5) is 4.83. The SMILES string of the molecule is CCn1c2ccc(Oc3ccccc3)cc2c2cc(N(c3ccccc3)c3ccc4c(c3)C3(c5ccccc5Oc5ccccc53)c3cc(N(c5ccccc5)c5ccc6c(c5)c5cc(Oc7ccccc7)ccc5n6CC)ccc3-4)ccc21. The third kappa shape index (κ3) is 7.73. The molecule has 402 valence electrons. The largest absolute Gasteiger partial charge is 0.457 e. The molecule has 2 aromatic heterocycles. The van der Waals surface area contributed by atoms with E-state index in [0.717, 1.165) is 114 Å². The molecule has 0 fully saturated rings. The van der Waals surface area contributed by atoms with Crippen molar-refractivity contribution in [2.24, 2.45) is 0 Å². The molecule has 1 aliphatic heterocycles. The van der Waals surface area contributed by atoms with E-state index in [4.69, 9.17) is 14.2 Å². The summed E-state index contributed by atoms with van der Waals surface area (Å²) in [7, 11) is 0. The van der Waals surface area contributed by atoms with Crippen LogP contribution in [-0.2, 0) is 18.5 Å².